The Bertz CT molecular complexity index is 617. The van der Waals surface area contributed by atoms with Crippen LogP contribution in [0.1, 0.15) is 25.3 Å². The van der Waals surface area contributed by atoms with Crippen molar-refractivity contribution in [1.29, 1.82) is 0 Å². The molecule has 0 aromatic heterocycles. The van der Waals surface area contributed by atoms with E-state index in [1.54, 1.807) is 0 Å². The standard InChI is InChI=1S/C19H29N5O2.HI/c1-2-20-19(23-13-17-4-3-11-26-17)22-12-15-5-7-16(8-6-15)24-10-9-21-18(25)14-24;/h5-8,17H,2-4,9-14H2,1H3,(H,21,25)(H2,20,22,23);1H. The van der Waals surface area contributed by atoms with E-state index in [1.165, 1.54) is 0 Å². The minimum Gasteiger partial charge on any atom is -0.376 e. The summed E-state index contributed by atoms with van der Waals surface area (Å²) in [7, 11) is 0. The first-order valence-corrected chi connectivity index (χ1v) is 9.49. The predicted octanol–water partition coefficient (Wildman–Crippen LogP) is 1.47. The molecule has 1 amide bonds. The zero-order valence-corrected chi connectivity index (χ0v) is 18.2. The van der Waals surface area contributed by atoms with Crippen LogP contribution in [0.4, 0.5) is 5.69 Å². The highest BCUT2D eigenvalue weighted by Crippen LogP contribution is 2.16. The van der Waals surface area contributed by atoms with Crippen molar-refractivity contribution in [2.24, 2.45) is 4.99 Å². The molecule has 2 saturated heterocycles. The van der Waals surface area contributed by atoms with Gasteiger partial charge in [0.15, 0.2) is 5.96 Å². The van der Waals surface area contributed by atoms with E-state index < -0.39 is 0 Å². The van der Waals surface area contributed by atoms with Crippen molar-refractivity contribution in [1.82, 2.24) is 16.0 Å². The Labute approximate surface area is 178 Å². The van der Waals surface area contributed by atoms with Gasteiger partial charge in [0.25, 0.3) is 0 Å². The third-order valence-corrected chi connectivity index (χ3v) is 4.62. The fraction of sp³-hybridized carbons (Fsp3) is 0.579. The Morgan fingerprint density at radius 2 is 2.15 bits per heavy atom. The van der Waals surface area contributed by atoms with E-state index in [9.17, 15) is 4.79 Å². The minimum absolute atomic E-state index is 0. The number of guanidine groups is 1. The number of rotatable bonds is 6. The second-order valence-electron chi connectivity index (χ2n) is 6.65. The molecule has 3 N–H and O–H groups in total. The molecule has 2 aliphatic rings. The van der Waals surface area contributed by atoms with E-state index in [1.807, 2.05) is 0 Å². The number of carbonyl (C=O) groups excluding carboxylic acids is 1. The smallest absolute Gasteiger partial charge is 0.239 e. The molecule has 0 aliphatic carbocycles. The maximum Gasteiger partial charge on any atom is 0.239 e. The number of benzene rings is 1. The molecule has 27 heavy (non-hydrogen) atoms. The van der Waals surface area contributed by atoms with Crippen molar-refractivity contribution in [2.75, 3.05) is 44.2 Å². The number of aliphatic imine (C=N–C) groups is 1. The molecular weight excluding hydrogens is 457 g/mol. The number of ether oxygens (including phenoxy) is 1. The fourth-order valence-electron chi connectivity index (χ4n) is 3.20. The molecule has 0 spiro atoms. The van der Waals surface area contributed by atoms with Crippen molar-refractivity contribution in [2.45, 2.75) is 32.4 Å². The first kappa shape index (κ1) is 21.7. The van der Waals surface area contributed by atoms with Crippen LogP contribution in [0, 0.1) is 0 Å². The first-order chi connectivity index (χ1) is 12.7. The van der Waals surface area contributed by atoms with Crippen molar-refractivity contribution < 1.29 is 9.53 Å². The molecule has 1 aromatic rings. The van der Waals surface area contributed by atoms with Crippen LogP contribution in [-0.2, 0) is 16.1 Å². The van der Waals surface area contributed by atoms with Gasteiger partial charge in [-0.25, -0.2) is 4.99 Å². The van der Waals surface area contributed by atoms with Gasteiger partial charge in [-0.05, 0) is 37.5 Å². The highest BCUT2D eigenvalue weighted by molar-refractivity contribution is 14.0. The summed E-state index contributed by atoms with van der Waals surface area (Å²) >= 11 is 0. The summed E-state index contributed by atoms with van der Waals surface area (Å²) in [6, 6.07) is 8.29. The van der Waals surface area contributed by atoms with E-state index >= 15 is 0 Å². The van der Waals surface area contributed by atoms with Crippen molar-refractivity contribution >= 4 is 41.5 Å². The number of amides is 1. The molecule has 150 valence electrons. The van der Waals surface area contributed by atoms with Gasteiger partial charge in [0.05, 0.1) is 19.2 Å². The third kappa shape index (κ3) is 6.84. The second kappa shape index (κ2) is 11.3. The molecule has 1 aromatic carbocycles. The Morgan fingerprint density at radius 1 is 1.33 bits per heavy atom. The molecule has 0 radical (unpaired) electrons. The van der Waals surface area contributed by atoms with Crippen molar-refractivity contribution in [3.05, 3.63) is 29.8 Å². The average molecular weight is 487 g/mol. The van der Waals surface area contributed by atoms with Gasteiger partial charge in [0, 0.05) is 38.5 Å². The molecule has 0 bridgehead atoms. The lowest BCUT2D eigenvalue weighted by Crippen LogP contribution is -2.47. The number of anilines is 1. The summed E-state index contributed by atoms with van der Waals surface area (Å²) in [6.45, 7) is 7.14. The summed E-state index contributed by atoms with van der Waals surface area (Å²) in [5, 5.41) is 9.49. The fourth-order valence-corrected chi connectivity index (χ4v) is 3.20. The monoisotopic (exact) mass is 487 g/mol. The number of nitrogens with one attached hydrogen (secondary N) is 3. The van der Waals surface area contributed by atoms with E-state index in [0.717, 1.165) is 56.3 Å². The molecule has 7 nitrogen and oxygen atoms in total. The number of nitrogens with zero attached hydrogens (tertiary/aromatic N) is 2. The van der Waals surface area contributed by atoms with E-state index in [0.29, 0.717) is 25.7 Å². The van der Waals surface area contributed by atoms with Gasteiger partial charge in [-0.15, -0.1) is 24.0 Å². The first-order valence-electron chi connectivity index (χ1n) is 9.49. The van der Waals surface area contributed by atoms with Crippen LogP contribution in [-0.4, -0.2) is 57.3 Å². The molecule has 0 saturated carbocycles. The maximum absolute atomic E-state index is 11.5. The van der Waals surface area contributed by atoms with Gasteiger partial charge in [-0.1, -0.05) is 12.1 Å². The molecule has 1 unspecified atom stereocenters. The number of hydrogen-bond acceptors (Lipinski definition) is 4. The second-order valence-corrected chi connectivity index (χ2v) is 6.65. The average Bonchev–Trinajstić information content (AvgIpc) is 3.18. The minimum atomic E-state index is 0. The Kier molecular flexibility index (Phi) is 9.12. The Balaban J connectivity index is 0.00000261. The quantitative estimate of drug-likeness (QED) is 0.322. The van der Waals surface area contributed by atoms with Crippen LogP contribution in [0.2, 0.25) is 0 Å². The summed E-state index contributed by atoms with van der Waals surface area (Å²) in [5.41, 5.74) is 2.22. The summed E-state index contributed by atoms with van der Waals surface area (Å²) in [5.74, 6) is 0.900. The van der Waals surface area contributed by atoms with Gasteiger partial charge in [0.1, 0.15) is 0 Å². The van der Waals surface area contributed by atoms with Gasteiger partial charge < -0.3 is 25.6 Å². The van der Waals surface area contributed by atoms with Gasteiger partial charge in [-0.2, -0.15) is 0 Å². The number of halogens is 1. The van der Waals surface area contributed by atoms with Gasteiger partial charge in [-0.3, -0.25) is 4.79 Å². The molecule has 2 fully saturated rings. The third-order valence-electron chi connectivity index (χ3n) is 4.62. The zero-order chi connectivity index (χ0) is 18.2. The van der Waals surface area contributed by atoms with Crippen LogP contribution in [0.5, 0.6) is 0 Å². The largest absolute Gasteiger partial charge is 0.376 e. The molecule has 3 rings (SSSR count). The van der Waals surface area contributed by atoms with Crippen LogP contribution >= 0.6 is 24.0 Å². The normalized spacial score (nSPS) is 20.0. The Hall–Kier alpha value is -1.55. The number of piperazine rings is 1. The van der Waals surface area contributed by atoms with Crippen LogP contribution in [0.15, 0.2) is 29.3 Å². The highest BCUT2D eigenvalue weighted by Gasteiger charge is 2.16. The lowest BCUT2D eigenvalue weighted by Gasteiger charge is -2.28. The predicted molar refractivity (Wildman–Crippen MR) is 119 cm³/mol. The van der Waals surface area contributed by atoms with E-state index in [-0.39, 0.29) is 29.9 Å². The van der Waals surface area contributed by atoms with E-state index in [4.69, 9.17) is 4.74 Å². The van der Waals surface area contributed by atoms with Gasteiger partial charge in [0.2, 0.25) is 5.91 Å². The topological polar surface area (TPSA) is 78.0 Å². The van der Waals surface area contributed by atoms with Crippen LogP contribution in [0.3, 0.4) is 0 Å². The van der Waals surface area contributed by atoms with E-state index in [2.05, 4.69) is 57.0 Å². The molecule has 1 atom stereocenters. The molecule has 2 aliphatic heterocycles. The molecular formula is C19H30IN5O2. The van der Waals surface area contributed by atoms with Crippen molar-refractivity contribution in [3.63, 3.8) is 0 Å². The SMILES string of the molecule is CCNC(=NCc1ccc(N2CCNC(=O)C2)cc1)NCC1CCCO1.I. The van der Waals surface area contributed by atoms with Crippen LogP contribution in [0.25, 0.3) is 0 Å². The molecule has 2 heterocycles. The summed E-state index contributed by atoms with van der Waals surface area (Å²) in [4.78, 5) is 18.3. The molecule has 8 heteroatoms. The van der Waals surface area contributed by atoms with Crippen LogP contribution < -0.4 is 20.9 Å². The lowest BCUT2D eigenvalue weighted by atomic mass is 10.2. The maximum atomic E-state index is 11.5. The highest BCUT2D eigenvalue weighted by atomic mass is 127. The zero-order valence-electron chi connectivity index (χ0n) is 15.9. The van der Waals surface area contributed by atoms with Gasteiger partial charge >= 0.3 is 0 Å². The lowest BCUT2D eigenvalue weighted by molar-refractivity contribution is -0.120. The number of carbonyl (C=O) groups is 1. The number of hydrogen-bond donors (Lipinski definition) is 3. The summed E-state index contributed by atoms with van der Waals surface area (Å²) < 4.78 is 5.64. The van der Waals surface area contributed by atoms with Crippen molar-refractivity contribution in [3.8, 4) is 0 Å². The Morgan fingerprint density at radius 3 is 2.81 bits per heavy atom. The summed E-state index contributed by atoms with van der Waals surface area (Å²) in [6.07, 6.45) is 2.55.